The van der Waals surface area contributed by atoms with Crippen LogP contribution in [0.1, 0.15) is 19.3 Å². The van der Waals surface area contributed by atoms with Gasteiger partial charge in [0.05, 0.1) is 0 Å². The van der Waals surface area contributed by atoms with Crippen LogP contribution in [0.3, 0.4) is 0 Å². The molecular formula is C12H25N3S. The third-order valence-electron chi connectivity index (χ3n) is 4.43. The first kappa shape index (κ1) is 12.7. The van der Waals surface area contributed by atoms with Gasteiger partial charge in [0, 0.05) is 30.4 Å². The van der Waals surface area contributed by atoms with E-state index >= 15 is 0 Å². The van der Waals surface area contributed by atoms with Crippen LogP contribution in [0.5, 0.6) is 0 Å². The largest absolute Gasteiger partial charge is 0.329 e. The van der Waals surface area contributed by atoms with Crippen molar-refractivity contribution in [1.82, 2.24) is 9.80 Å². The van der Waals surface area contributed by atoms with Gasteiger partial charge in [-0.15, -0.1) is 0 Å². The van der Waals surface area contributed by atoms with Crippen LogP contribution >= 0.6 is 11.8 Å². The third kappa shape index (κ3) is 2.40. The predicted molar refractivity (Wildman–Crippen MR) is 72.0 cm³/mol. The minimum absolute atomic E-state index is 0.286. The number of likely N-dealkylation sites (tertiary alicyclic amines) is 1. The fourth-order valence-corrected chi connectivity index (χ4v) is 4.47. The molecule has 3 nitrogen and oxygen atoms in total. The van der Waals surface area contributed by atoms with Crippen LogP contribution in [0, 0.1) is 0 Å². The van der Waals surface area contributed by atoms with Crippen molar-refractivity contribution >= 4 is 11.8 Å². The molecule has 0 radical (unpaired) electrons. The lowest BCUT2D eigenvalue weighted by Crippen LogP contribution is -2.55. The van der Waals surface area contributed by atoms with Gasteiger partial charge < -0.3 is 10.6 Å². The monoisotopic (exact) mass is 243 g/mol. The van der Waals surface area contributed by atoms with Gasteiger partial charge in [-0.3, -0.25) is 4.90 Å². The molecule has 0 amide bonds. The van der Waals surface area contributed by atoms with E-state index in [1.54, 1.807) is 0 Å². The Hall–Kier alpha value is 0.230. The standard InChI is InChI=1S/C12H25N3S/c1-14-6-3-4-11(14)8-15(2)12(9-13)5-7-16-10-12/h11H,3-10,13H2,1-2H3. The quantitative estimate of drug-likeness (QED) is 0.793. The molecule has 2 aliphatic rings. The van der Waals surface area contributed by atoms with E-state index in [0.717, 1.165) is 12.6 Å². The van der Waals surface area contributed by atoms with Gasteiger partial charge in [0.2, 0.25) is 0 Å². The Bertz CT molecular complexity index is 228. The minimum atomic E-state index is 0.286. The maximum atomic E-state index is 6.01. The highest BCUT2D eigenvalue weighted by Crippen LogP contribution is 2.32. The zero-order valence-corrected chi connectivity index (χ0v) is 11.4. The van der Waals surface area contributed by atoms with Gasteiger partial charge >= 0.3 is 0 Å². The number of thioether (sulfide) groups is 1. The normalized spacial score (nSPS) is 36.4. The molecule has 0 aromatic rings. The molecule has 0 saturated carbocycles. The summed E-state index contributed by atoms with van der Waals surface area (Å²) in [6, 6.07) is 0.749. The first-order valence-corrected chi connectivity index (χ1v) is 7.53. The molecule has 4 heteroatoms. The van der Waals surface area contributed by atoms with Crippen LogP contribution in [0.4, 0.5) is 0 Å². The van der Waals surface area contributed by atoms with Crippen LogP contribution in [0.25, 0.3) is 0 Å². The average Bonchev–Trinajstić information content (AvgIpc) is 2.89. The summed E-state index contributed by atoms with van der Waals surface area (Å²) in [5, 5.41) is 0. The maximum absolute atomic E-state index is 6.01. The van der Waals surface area contributed by atoms with Crippen LogP contribution in [-0.4, -0.2) is 66.6 Å². The number of nitrogens with zero attached hydrogens (tertiary/aromatic N) is 2. The molecule has 0 aromatic carbocycles. The molecule has 2 N–H and O–H groups in total. The van der Waals surface area contributed by atoms with Crippen molar-refractivity contribution in [3.8, 4) is 0 Å². The summed E-state index contributed by atoms with van der Waals surface area (Å²) in [7, 11) is 4.52. The van der Waals surface area contributed by atoms with Gasteiger partial charge in [-0.1, -0.05) is 0 Å². The predicted octanol–water partition coefficient (Wildman–Crippen LogP) is 0.847. The van der Waals surface area contributed by atoms with Gasteiger partial charge in [0.25, 0.3) is 0 Å². The number of likely N-dealkylation sites (N-methyl/N-ethyl adjacent to an activating group) is 2. The topological polar surface area (TPSA) is 32.5 Å². The first-order chi connectivity index (χ1) is 7.68. The Balaban J connectivity index is 1.93. The lowest BCUT2D eigenvalue weighted by Gasteiger charge is -2.39. The highest BCUT2D eigenvalue weighted by Gasteiger charge is 2.38. The maximum Gasteiger partial charge on any atom is 0.0427 e. The minimum Gasteiger partial charge on any atom is -0.329 e. The molecule has 2 heterocycles. The van der Waals surface area contributed by atoms with Crippen molar-refractivity contribution in [3.63, 3.8) is 0 Å². The second-order valence-electron chi connectivity index (χ2n) is 5.39. The van der Waals surface area contributed by atoms with E-state index in [1.807, 2.05) is 0 Å². The summed E-state index contributed by atoms with van der Waals surface area (Å²) in [5.74, 6) is 2.50. The Kier molecular flexibility index (Phi) is 4.16. The molecule has 0 bridgehead atoms. The van der Waals surface area contributed by atoms with E-state index in [-0.39, 0.29) is 5.54 Å². The fraction of sp³-hybridized carbons (Fsp3) is 1.00. The van der Waals surface area contributed by atoms with Crippen molar-refractivity contribution < 1.29 is 0 Å². The van der Waals surface area contributed by atoms with Gasteiger partial charge in [0.15, 0.2) is 0 Å². The first-order valence-electron chi connectivity index (χ1n) is 6.37. The molecule has 2 saturated heterocycles. The van der Waals surface area contributed by atoms with E-state index in [9.17, 15) is 0 Å². The van der Waals surface area contributed by atoms with Crippen LogP contribution in [0.2, 0.25) is 0 Å². The summed E-state index contributed by atoms with van der Waals surface area (Å²) in [5.41, 5.74) is 6.30. The Morgan fingerprint density at radius 1 is 1.56 bits per heavy atom. The molecule has 2 aliphatic heterocycles. The summed E-state index contributed by atoms with van der Waals surface area (Å²) in [6.07, 6.45) is 3.98. The van der Waals surface area contributed by atoms with E-state index in [0.29, 0.717) is 0 Å². The summed E-state index contributed by atoms with van der Waals surface area (Å²) >= 11 is 2.06. The highest BCUT2D eigenvalue weighted by molar-refractivity contribution is 7.99. The van der Waals surface area contributed by atoms with Crippen molar-refractivity contribution in [2.24, 2.45) is 5.73 Å². The van der Waals surface area contributed by atoms with Crippen LogP contribution < -0.4 is 5.73 Å². The van der Waals surface area contributed by atoms with Gasteiger partial charge in [-0.05, 0) is 45.7 Å². The molecule has 16 heavy (non-hydrogen) atoms. The molecule has 2 rings (SSSR count). The van der Waals surface area contributed by atoms with Gasteiger partial charge in [0.1, 0.15) is 0 Å². The zero-order chi connectivity index (χ0) is 11.6. The number of hydrogen-bond acceptors (Lipinski definition) is 4. The Labute approximate surface area is 104 Å². The van der Waals surface area contributed by atoms with Crippen molar-refractivity contribution in [3.05, 3.63) is 0 Å². The van der Waals surface area contributed by atoms with Crippen LogP contribution in [-0.2, 0) is 0 Å². The summed E-state index contributed by atoms with van der Waals surface area (Å²) < 4.78 is 0. The molecule has 2 atom stereocenters. The Morgan fingerprint density at radius 3 is 2.88 bits per heavy atom. The number of nitrogens with two attached hydrogens (primary N) is 1. The third-order valence-corrected chi connectivity index (χ3v) is 5.66. The van der Waals surface area contributed by atoms with E-state index in [2.05, 4.69) is 35.7 Å². The summed E-state index contributed by atoms with van der Waals surface area (Å²) in [4.78, 5) is 5.04. The van der Waals surface area contributed by atoms with E-state index in [1.165, 1.54) is 43.9 Å². The molecule has 2 fully saturated rings. The lowest BCUT2D eigenvalue weighted by atomic mass is 9.96. The smallest absolute Gasteiger partial charge is 0.0427 e. The number of hydrogen-bond donors (Lipinski definition) is 1. The van der Waals surface area contributed by atoms with Crippen molar-refractivity contribution in [2.45, 2.75) is 30.8 Å². The van der Waals surface area contributed by atoms with Crippen LogP contribution in [0.15, 0.2) is 0 Å². The van der Waals surface area contributed by atoms with Crippen molar-refractivity contribution in [2.75, 3.05) is 45.2 Å². The Morgan fingerprint density at radius 2 is 2.38 bits per heavy atom. The van der Waals surface area contributed by atoms with E-state index in [4.69, 9.17) is 5.73 Å². The SMILES string of the molecule is CN1CCCC1CN(C)C1(CN)CCSC1. The van der Waals surface area contributed by atoms with Gasteiger partial charge in [-0.25, -0.2) is 0 Å². The molecule has 0 aliphatic carbocycles. The molecule has 94 valence electrons. The average molecular weight is 243 g/mol. The fourth-order valence-electron chi connectivity index (χ4n) is 2.93. The zero-order valence-electron chi connectivity index (χ0n) is 10.6. The lowest BCUT2D eigenvalue weighted by molar-refractivity contribution is 0.115. The highest BCUT2D eigenvalue weighted by atomic mass is 32.2. The second-order valence-corrected chi connectivity index (χ2v) is 6.49. The van der Waals surface area contributed by atoms with Gasteiger partial charge in [-0.2, -0.15) is 11.8 Å². The molecule has 0 aromatic heterocycles. The van der Waals surface area contributed by atoms with Crippen molar-refractivity contribution in [1.29, 1.82) is 0 Å². The second kappa shape index (κ2) is 5.25. The molecule has 2 unspecified atom stereocenters. The number of rotatable bonds is 4. The molecule has 0 spiro atoms. The summed E-state index contributed by atoms with van der Waals surface area (Å²) in [6.45, 7) is 3.27. The molecular weight excluding hydrogens is 218 g/mol. The van der Waals surface area contributed by atoms with E-state index < -0.39 is 0 Å².